The predicted octanol–water partition coefficient (Wildman–Crippen LogP) is 1.61. The lowest BCUT2D eigenvalue weighted by Gasteiger charge is -2.29. The molecule has 6 nitrogen and oxygen atoms in total. The molecular formula is C19H28N3O3+. The molecule has 0 spiro atoms. The van der Waals surface area contributed by atoms with Gasteiger partial charge in [0.1, 0.15) is 6.54 Å². The molecule has 1 heterocycles. The average molecular weight is 346 g/mol. The molecule has 1 aromatic rings. The van der Waals surface area contributed by atoms with E-state index in [-0.39, 0.29) is 6.03 Å². The maximum atomic E-state index is 12.6. The normalized spacial score (nSPS) is 17.3. The Hall–Kier alpha value is -2.34. The van der Waals surface area contributed by atoms with Gasteiger partial charge < -0.3 is 20.7 Å². The second kappa shape index (κ2) is 9.22. The Morgan fingerprint density at radius 3 is 2.48 bits per heavy atom. The molecule has 0 saturated carbocycles. The zero-order valence-electron chi connectivity index (χ0n) is 15.2. The zero-order chi connectivity index (χ0) is 18.2. The molecule has 0 unspecified atom stereocenters. The number of hydrogen-bond acceptors (Lipinski definition) is 3. The molecule has 0 bridgehead atoms. The van der Waals surface area contributed by atoms with Crippen LogP contribution in [0, 0.1) is 0 Å². The fraction of sp³-hybridized carbons (Fsp3) is 0.474. The fourth-order valence-electron chi connectivity index (χ4n) is 3.03. The van der Waals surface area contributed by atoms with Crippen molar-refractivity contribution in [3.8, 4) is 0 Å². The van der Waals surface area contributed by atoms with Crippen LogP contribution in [0.4, 0.5) is 4.79 Å². The molecule has 0 saturated heterocycles. The van der Waals surface area contributed by atoms with Crippen LogP contribution in [0.3, 0.4) is 0 Å². The second-order valence-electron chi connectivity index (χ2n) is 6.07. The van der Waals surface area contributed by atoms with Gasteiger partial charge in [0.2, 0.25) is 0 Å². The molecule has 25 heavy (non-hydrogen) atoms. The van der Waals surface area contributed by atoms with Gasteiger partial charge in [-0.1, -0.05) is 44.2 Å². The van der Waals surface area contributed by atoms with Crippen LogP contribution < -0.4 is 16.0 Å². The first-order chi connectivity index (χ1) is 12.1. The number of hydrogen-bond donors (Lipinski definition) is 3. The van der Waals surface area contributed by atoms with Gasteiger partial charge in [0.25, 0.3) is 0 Å². The van der Waals surface area contributed by atoms with Crippen molar-refractivity contribution in [2.75, 3.05) is 13.2 Å². The number of quaternary nitrogens is 1. The molecule has 1 atom stereocenters. The first-order valence-electron chi connectivity index (χ1n) is 8.96. The molecule has 1 aliphatic rings. The molecule has 0 aromatic heterocycles. The first-order valence-corrected chi connectivity index (χ1v) is 8.96. The number of carbonyl (C=O) groups is 2. The van der Waals surface area contributed by atoms with Crippen LogP contribution in [0.1, 0.15) is 45.2 Å². The van der Waals surface area contributed by atoms with E-state index in [4.69, 9.17) is 4.74 Å². The summed E-state index contributed by atoms with van der Waals surface area (Å²) >= 11 is 0. The Morgan fingerprint density at radius 2 is 1.88 bits per heavy atom. The lowest BCUT2D eigenvalue weighted by atomic mass is 9.95. The van der Waals surface area contributed by atoms with E-state index in [1.807, 2.05) is 30.3 Å². The molecule has 136 valence electrons. The Bertz CT molecular complexity index is 624. The summed E-state index contributed by atoms with van der Waals surface area (Å²) in [5.41, 5.74) is 1.97. The van der Waals surface area contributed by atoms with Crippen molar-refractivity contribution >= 4 is 12.0 Å². The van der Waals surface area contributed by atoms with Crippen molar-refractivity contribution in [3.63, 3.8) is 0 Å². The highest BCUT2D eigenvalue weighted by Crippen LogP contribution is 2.27. The minimum atomic E-state index is -0.501. The molecule has 1 aliphatic heterocycles. The summed E-state index contributed by atoms with van der Waals surface area (Å²) in [6.07, 6.45) is 2.07. The number of nitrogens with two attached hydrogens (primary N) is 1. The van der Waals surface area contributed by atoms with Gasteiger partial charge in [-0.05, 0) is 25.3 Å². The molecule has 1 aromatic carbocycles. The highest BCUT2D eigenvalue weighted by molar-refractivity contribution is 5.95. The number of urea groups is 1. The molecule has 0 aliphatic carbocycles. The highest BCUT2D eigenvalue weighted by atomic mass is 16.5. The summed E-state index contributed by atoms with van der Waals surface area (Å²) in [6, 6.07) is 9.15. The highest BCUT2D eigenvalue weighted by Gasteiger charge is 2.34. The van der Waals surface area contributed by atoms with E-state index in [0.717, 1.165) is 18.4 Å². The van der Waals surface area contributed by atoms with Crippen molar-refractivity contribution in [2.24, 2.45) is 0 Å². The monoisotopic (exact) mass is 346 g/mol. The van der Waals surface area contributed by atoms with Crippen molar-refractivity contribution in [2.45, 2.75) is 45.7 Å². The lowest BCUT2D eigenvalue weighted by Crippen LogP contribution is -2.90. The molecule has 6 heteroatoms. The van der Waals surface area contributed by atoms with Gasteiger partial charge in [-0.3, -0.25) is 0 Å². The SMILES string of the molecule is CCOC(=O)C1=C(C[NH2+]C(CC)CC)NC(=O)N[C@H]1c1ccccc1. The van der Waals surface area contributed by atoms with Gasteiger partial charge in [-0.2, -0.15) is 0 Å². The molecule has 2 amide bonds. The number of nitrogens with one attached hydrogen (secondary N) is 2. The van der Waals surface area contributed by atoms with Crippen LogP contribution in [-0.2, 0) is 9.53 Å². The van der Waals surface area contributed by atoms with E-state index >= 15 is 0 Å². The van der Waals surface area contributed by atoms with Crippen LogP contribution in [0.2, 0.25) is 0 Å². The number of ether oxygens (including phenoxy) is 1. The van der Waals surface area contributed by atoms with Crippen LogP contribution in [0.15, 0.2) is 41.6 Å². The maximum absolute atomic E-state index is 12.6. The minimum Gasteiger partial charge on any atom is -0.463 e. The van der Waals surface area contributed by atoms with Crippen molar-refractivity contribution in [3.05, 3.63) is 47.2 Å². The summed E-state index contributed by atoms with van der Waals surface area (Å²) in [4.78, 5) is 24.7. The Balaban J connectivity index is 2.38. The molecule has 0 fully saturated rings. The van der Waals surface area contributed by atoms with E-state index in [2.05, 4.69) is 29.8 Å². The first kappa shape index (κ1) is 19.0. The number of benzene rings is 1. The van der Waals surface area contributed by atoms with Gasteiger partial charge in [0.05, 0.1) is 30.0 Å². The summed E-state index contributed by atoms with van der Waals surface area (Å²) in [5, 5.41) is 7.82. The fourth-order valence-corrected chi connectivity index (χ4v) is 3.03. The van der Waals surface area contributed by atoms with Crippen molar-refractivity contribution in [1.29, 1.82) is 0 Å². The Labute approximate surface area is 149 Å². The van der Waals surface area contributed by atoms with E-state index in [9.17, 15) is 9.59 Å². The predicted molar refractivity (Wildman–Crippen MR) is 95.7 cm³/mol. The smallest absolute Gasteiger partial charge is 0.338 e. The van der Waals surface area contributed by atoms with Crippen molar-refractivity contribution in [1.82, 2.24) is 10.6 Å². The van der Waals surface area contributed by atoms with Crippen molar-refractivity contribution < 1.29 is 19.6 Å². The summed E-state index contributed by atoms with van der Waals surface area (Å²) in [5.74, 6) is -0.392. The van der Waals surface area contributed by atoms with Crippen LogP contribution >= 0.6 is 0 Å². The standard InChI is InChI=1S/C19H27N3O3/c1-4-14(5-2)20-12-15-16(18(23)25-6-3)17(22-19(24)21-15)13-10-8-7-9-11-13/h7-11,14,17,20H,4-6,12H2,1-3H3,(H2,21,22,24)/p+1/t17-/m0/s1. The second-order valence-corrected chi connectivity index (χ2v) is 6.07. The minimum absolute atomic E-state index is 0.293. The Morgan fingerprint density at radius 1 is 1.20 bits per heavy atom. The lowest BCUT2D eigenvalue weighted by molar-refractivity contribution is -0.683. The van der Waals surface area contributed by atoms with E-state index < -0.39 is 12.0 Å². The van der Waals surface area contributed by atoms with Gasteiger partial charge in [0, 0.05) is 0 Å². The summed E-state index contributed by atoms with van der Waals surface area (Å²) in [7, 11) is 0. The largest absolute Gasteiger partial charge is 0.463 e. The molecule has 4 N–H and O–H groups in total. The van der Waals surface area contributed by atoms with Gasteiger partial charge in [-0.25, -0.2) is 9.59 Å². The molecule has 2 rings (SSSR count). The van der Waals surface area contributed by atoms with E-state index in [1.54, 1.807) is 6.92 Å². The number of esters is 1. The van der Waals surface area contributed by atoms with Crippen LogP contribution in [0.25, 0.3) is 0 Å². The number of carbonyl (C=O) groups excluding carboxylic acids is 2. The van der Waals surface area contributed by atoms with Crippen LogP contribution in [-0.4, -0.2) is 31.2 Å². The maximum Gasteiger partial charge on any atom is 0.338 e. The molecule has 0 radical (unpaired) electrons. The van der Waals surface area contributed by atoms with Crippen LogP contribution in [0.5, 0.6) is 0 Å². The third kappa shape index (κ3) is 4.82. The van der Waals surface area contributed by atoms with Gasteiger partial charge in [-0.15, -0.1) is 0 Å². The number of amides is 2. The van der Waals surface area contributed by atoms with E-state index in [1.165, 1.54) is 0 Å². The summed E-state index contributed by atoms with van der Waals surface area (Å²) < 4.78 is 5.26. The summed E-state index contributed by atoms with van der Waals surface area (Å²) in [6.45, 7) is 6.89. The third-order valence-electron chi connectivity index (χ3n) is 4.49. The van der Waals surface area contributed by atoms with Gasteiger partial charge >= 0.3 is 12.0 Å². The van der Waals surface area contributed by atoms with E-state index in [0.29, 0.717) is 30.5 Å². The Kier molecular flexibility index (Phi) is 7.01. The molecular weight excluding hydrogens is 318 g/mol. The third-order valence-corrected chi connectivity index (χ3v) is 4.49. The quantitative estimate of drug-likeness (QED) is 0.625. The topological polar surface area (TPSA) is 84.0 Å². The average Bonchev–Trinajstić information content (AvgIpc) is 2.63. The van der Waals surface area contributed by atoms with Gasteiger partial charge in [0.15, 0.2) is 0 Å². The zero-order valence-corrected chi connectivity index (χ0v) is 15.2. The number of rotatable bonds is 8.